The van der Waals surface area contributed by atoms with Gasteiger partial charge in [-0.3, -0.25) is 25.8 Å². The molecule has 2 rings (SSSR count). The van der Waals surface area contributed by atoms with E-state index in [-0.39, 0.29) is 10.7 Å². The van der Waals surface area contributed by atoms with Crippen LogP contribution in [0.15, 0.2) is 48.5 Å². The quantitative estimate of drug-likeness (QED) is 0.574. The molecule has 0 heterocycles. The Labute approximate surface area is 141 Å². The Morgan fingerprint density at radius 3 is 2.26 bits per heavy atom. The Morgan fingerprint density at radius 1 is 0.957 bits per heavy atom. The van der Waals surface area contributed by atoms with Crippen molar-refractivity contribution in [2.75, 3.05) is 0 Å². The molecule has 3 N–H and O–H groups in total. The molecule has 2 aromatic carbocycles. The summed E-state index contributed by atoms with van der Waals surface area (Å²) in [5.41, 5.74) is 4.87. The van der Waals surface area contributed by atoms with Crippen LogP contribution < -0.4 is 16.2 Å². The van der Waals surface area contributed by atoms with Gasteiger partial charge in [0.25, 0.3) is 11.8 Å². The molecule has 0 unspecified atom stereocenters. The lowest BCUT2D eigenvalue weighted by Crippen LogP contribution is -2.48. The molecule has 23 heavy (non-hydrogen) atoms. The minimum atomic E-state index is -0.721. The molecule has 0 aliphatic rings. The van der Waals surface area contributed by atoms with Gasteiger partial charge in [0.05, 0.1) is 5.56 Å². The highest BCUT2D eigenvalue weighted by atomic mass is 35.5. The Balaban J connectivity index is 1.88. The zero-order valence-corrected chi connectivity index (χ0v) is 13.2. The summed E-state index contributed by atoms with van der Waals surface area (Å²) in [6.45, 7) is 0. The molecule has 0 aliphatic heterocycles. The van der Waals surface area contributed by atoms with E-state index >= 15 is 0 Å². The zero-order valence-electron chi connectivity index (χ0n) is 11.6. The van der Waals surface area contributed by atoms with Crippen LogP contribution in [-0.2, 0) is 0 Å². The first kappa shape index (κ1) is 16.9. The molecule has 0 atom stereocenters. The van der Waals surface area contributed by atoms with Crippen molar-refractivity contribution < 1.29 is 14.0 Å². The number of halogens is 2. The number of hydrogen-bond acceptors (Lipinski definition) is 3. The highest BCUT2D eigenvalue weighted by Crippen LogP contribution is 2.09. The summed E-state index contributed by atoms with van der Waals surface area (Å²) < 4.78 is 13.5. The van der Waals surface area contributed by atoms with Crippen molar-refractivity contribution in [3.05, 3.63) is 70.5 Å². The van der Waals surface area contributed by atoms with Gasteiger partial charge in [0, 0.05) is 10.6 Å². The molecule has 0 saturated heterocycles. The molecule has 0 spiro atoms. The van der Waals surface area contributed by atoms with Gasteiger partial charge in [0.15, 0.2) is 5.11 Å². The van der Waals surface area contributed by atoms with E-state index in [4.69, 9.17) is 23.8 Å². The molecule has 0 fully saturated rings. The fourth-order valence-electron chi connectivity index (χ4n) is 1.63. The highest BCUT2D eigenvalue weighted by molar-refractivity contribution is 7.80. The lowest BCUT2D eigenvalue weighted by molar-refractivity contribution is 0.0933. The monoisotopic (exact) mass is 351 g/mol. The molecule has 0 bridgehead atoms. The van der Waals surface area contributed by atoms with E-state index in [9.17, 15) is 14.0 Å². The standard InChI is InChI=1S/C15H11ClFN3O2S/c16-10-7-5-9(6-8-10)13(21)19-20-15(23)18-14(22)11-3-1-2-4-12(11)17/h1-8H,(H,19,21)(H2,18,20,22,23). The summed E-state index contributed by atoms with van der Waals surface area (Å²) in [6.07, 6.45) is 0. The van der Waals surface area contributed by atoms with Gasteiger partial charge >= 0.3 is 0 Å². The number of hydrogen-bond donors (Lipinski definition) is 3. The van der Waals surface area contributed by atoms with Crippen molar-refractivity contribution in [3.8, 4) is 0 Å². The fraction of sp³-hybridized carbons (Fsp3) is 0. The first-order chi connectivity index (χ1) is 11.0. The maximum Gasteiger partial charge on any atom is 0.269 e. The number of carbonyl (C=O) groups excluding carboxylic acids is 2. The minimum Gasteiger partial charge on any atom is -0.298 e. The predicted molar refractivity (Wildman–Crippen MR) is 88.5 cm³/mol. The number of thiocarbonyl (C=S) groups is 1. The largest absolute Gasteiger partial charge is 0.298 e. The van der Waals surface area contributed by atoms with Crippen LogP contribution in [0.25, 0.3) is 0 Å². The summed E-state index contributed by atoms with van der Waals surface area (Å²) in [6, 6.07) is 11.7. The van der Waals surface area contributed by atoms with E-state index in [2.05, 4.69) is 16.2 Å². The van der Waals surface area contributed by atoms with Crippen molar-refractivity contribution in [2.45, 2.75) is 0 Å². The van der Waals surface area contributed by atoms with Crippen LogP contribution in [0, 0.1) is 5.82 Å². The molecule has 0 radical (unpaired) electrons. The predicted octanol–water partition coefficient (Wildman–Crippen LogP) is 2.43. The number of hydrazine groups is 1. The normalized spacial score (nSPS) is 9.83. The molecule has 2 aromatic rings. The molecule has 0 aliphatic carbocycles. The van der Waals surface area contributed by atoms with Crippen LogP contribution in [0.5, 0.6) is 0 Å². The number of amides is 2. The van der Waals surface area contributed by atoms with E-state index in [1.165, 1.54) is 30.3 Å². The summed E-state index contributed by atoms with van der Waals surface area (Å²) >= 11 is 10.6. The third-order valence-electron chi connectivity index (χ3n) is 2.74. The fourth-order valence-corrected chi connectivity index (χ4v) is 1.90. The zero-order chi connectivity index (χ0) is 16.8. The smallest absolute Gasteiger partial charge is 0.269 e. The van der Waals surface area contributed by atoms with Crippen molar-refractivity contribution in [2.24, 2.45) is 0 Å². The second kappa shape index (κ2) is 7.66. The number of carbonyl (C=O) groups is 2. The maximum absolute atomic E-state index is 13.5. The van der Waals surface area contributed by atoms with Crippen LogP contribution in [0.2, 0.25) is 5.02 Å². The Kier molecular flexibility index (Phi) is 5.61. The molecule has 118 valence electrons. The molecular formula is C15H11ClFN3O2S. The topological polar surface area (TPSA) is 70.2 Å². The third-order valence-corrected chi connectivity index (χ3v) is 3.20. The average molecular weight is 352 g/mol. The first-order valence-electron chi connectivity index (χ1n) is 6.39. The maximum atomic E-state index is 13.5. The average Bonchev–Trinajstić information content (AvgIpc) is 2.53. The third kappa shape index (κ3) is 4.73. The summed E-state index contributed by atoms with van der Waals surface area (Å²) in [7, 11) is 0. The second-order valence-electron chi connectivity index (χ2n) is 4.35. The van der Waals surface area contributed by atoms with Gasteiger partial charge in [-0.1, -0.05) is 23.7 Å². The van der Waals surface area contributed by atoms with Crippen LogP contribution in [0.4, 0.5) is 4.39 Å². The van der Waals surface area contributed by atoms with Crippen molar-refractivity contribution in [1.82, 2.24) is 16.2 Å². The molecule has 8 heteroatoms. The number of rotatable bonds is 2. The van der Waals surface area contributed by atoms with Crippen LogP contribution in [0.3, 0.4) is 0 Å². The lowest BCUT2D eigenvalue weighted by Gasteiger charge is -2.11. The number of benzene rings is 2. The van der Waals surface area contributed by atoms with Gasteiger partial charge in [-0.05, 0) is 48.6 Å². The molecule has 2 amide bonds. The Hall–Kier alpha value is -2.51. The highest BCUT2D eigenvalue weighted by Gasteiger charge is 2.12. The van der Waals surface area contributed by atoms with E-state index in [0.717, 1.165) is 6.07 Å². The SMILES string of the molecule is O=C(NNC(=S)NC(=O)c1ccccc1F)c1ccc(Cl)cc1. The molecule has 0 saturated carbocycles. The van der Waals surface area contributed by atoms with Gasteiger partial charge in [0.1, 0.15) is 5.82 Å². The van der Waals surface area contributed by atoms with Crippen LogP contribution in [-0.4, -0.2) is 16.9 Å². The van der Waals surface area contributed by atoms with Crippen LogP contribution in [0.1, 0.15) is 20.7 Å². The molecular weight excluding hydrogens is 341 g/mol. The van der Waals surface area contributed by atoms with Gasteiger partial charge in [0.2, 0.25) is 0 Å². The Bertz CT molecular complexity index is 753. The van der Waals surface area contributed by atoms with Crippen molar-refractivity contribution in [3.63, 3.8) is 0 Å². The lowest BCUT2D eigenvalue weighted by atomic mass is 10.2. The van der Waals surface area contributed by atoms with E-state index < -0.39 is 17.6 Å². The summed E-state index contributed by atoms with van der Waals surface area (Å²) in [5, 5.41) is 2.59. The van der Waals surface area contributed by atoms with Gasteiger partial charge < -0.3 is 0 Å². The summed E-state index contributed by atoms with van der Waals surface area (Å²) in [5.74, 6) is -1.86. The van der Waals surface area contributed by atoms with E-state index in [1.807, 2.05) is 0 Å². The van der Waals surface area contributed by atoms with Crippen LogP contribution >= 0.6 is 23.8 Å². The van der Waals surface area contributed by atoms with Gasteiger partial charge in [-0.2, -0.15) is 0 Å². The van der Waals surface area contributed by atoms with E-state index in [0.29, 0.717) is 10.6 Å². The van der Waals surface area contributed by atoms with Gasteiger partial charge in [-0.15, -0.1) is 0 Å². The second-order valence-corrected chi connectivity index (χ2v) is 5.19. The van der Waals surface area contributed by atoms with Gasteiger partial charge in [-0.25, -0.2) is 4.39 Å². The first-order valence-corrected chi connectivity index (χ1v) is 7.18. The van der Waals surface area contributed by atoms with Crippen molar-refractivity contribution >= 4 is 40.7 Å². The molecule has 0 aromatic heterocycles. The van der Waals surface area contributed by atoms with E-state index in [1.54, 1.807) is 12.1 Å². The Morgan fingerprint density at radius 2 is 1.61 bits per heavy atom. The summed E-state index contributed by atoms with van der Waals surface area (Å²) in [4.78, 5) is 23.6. The molecule has 5 nitrogen and oxygen atoms in total. The number of nitrogens with one attached hydrogen (secondary N) is 3. The van der Waals surface area contributed by atoms with Crippen molar-refractivity contribution in [1.29, 1.82) is 0 Å². The minimum absolute atomic E-state index is 0.152.